The van der Waals surface area contributed by atoms with Gasteiger partial charge in [0.25, 0.3) is 0 Å². The van der Waals surface area contributed by atoms with Crippen molar-refractivity contribution in [2.45, 2.75) is 115 Å². The van der Waals surface area contributed by atoms with E-state index in [-0.39, 0.29) is 22.2 Å². The van der Waals surface area contributed by atoms with Gasteiger partial charge in [0.2, 0.25) is 0 Å². The maximum absolute atomic E-state index is 13.0. The SMILES string of the molecule is CCCC(CCC)c1c(-c2ccc3nc(-c4cccc(SC(F)(F)F)c4)ccc3c2C)n(CCC)c2cc(C(=O)O)ccc12.CCCN1CCCCC1. The highest BCUT2D eigenvalue weighted by Gasteiger charge is 2.29. The standard InChI is InChI=1S/C36H37F3N2O2S.C8H17N/c1-5-9-23(10-6-2)33-29-14-13-25(35(42)43)21-32(29)41(19-7-3)34(33)28-16-18-31-27(22(28)4)15-17-30(40-31)24-11-8-12-26(20-24)44-36(37,38)39;1-2-6-9-7-4-3-5-8-9/h8,11-18,20-21,23H,5-7,9-10,19H2,1-4H3,(H,42,43);2-8H2,1H3. The number of benzene rings is 3. The molecule has 0 aliphatic carbocycles. The van der Waals surface area contributed by atoms with Crippen molar-refractivity contribution in [3.05, 3.63) is 83.4 Å². The Bertz CT molecular complexity index is 1990. The third kappa shape index (κ3) is 9.84. The van der Waals surface area contributed by atoms with Crippen molar-refractivity contribution >= 4 is 39.5 Å². The summed E-state index contributed by atoms with van der Waals surface area (Å²) in [5.74, 6) is -0.613. The normalized spacial score (nSPS) is 13.8. The number of aromatic nitrogens is 2. The number of thioether (sulfide) groups is 1. The molecule has 1 N–H and O–H groups in total. The van der Waals surface area contributed by atoms with E-state index in [4.69, 9.17) is 4.98 Å². The van der Waals surface area contributed by atoms with Gasteiger partial charge in [-0.05, 0) is 130 Å². The van der Waals surface area contributed by atoms with Gasteiger partial charge >= 0.3 is 11.5 Å². The first-order valence-corrected chi connectivity index (χ1v) is 20.2. The van der Waals surface area contributed by atoms with E-state index in [9.17, 15) is 23.1 Å². The first-order chi connectivity index (χ1) is 25.5. The molecule has 5 aromatic rings. The lowest BCUT2D eigenvalue weighted by atomic mass is 9.85. The molecule has 0 radical (unpaired) electrons. The quantitative estimate of drug-likeness (QED) is 0.122. The summed E-state index contributed by atoms with van der Waals surface area (Å²) in [6.45, 7) is 15.7. The second-order valence-corrected chi connectivity index (χ2v) is 15.3. The Kier molecular flexibility index (Phi) is 14.1. The molecule has 1 aliphatic heterocycles. The maximum Gasteiger partial charge on any atom is 0.446 e. The monoisotopic (exact) mass is 745 g/mol. The summed E-state index contributed by atoms with van der Waals surface area (Å²) >= 11 is -0.128. The lowest BCUT2D eigenvalue weighted by Gasteiger charge is -2.25. The molecule has 1 aliphatic rings. The van der Waals surface area contributed by atoms with E-state index in [1.807, 2.05) is 30.3 Å². The molecule has 1 saturated heterocycles. The molecule has 0 saturated carbocycles. The van der Waals surface area contributed by atoms with Gasteiger partial charge in [0.1, 0.15) is 0 Å². The summed E-state index contributed by atoms with van der Waals surface area (Å²) in [4.78, 5) is 19.5. The van der Waals surface area contributed by atoms with Gasteiger partial charge in [0.15, 0.2) is 0 Å². The summed E-state index contributed by atoms with van der Waals surface area (Å²) < 4.78 is 41.3. The second-order valence-electron chi connectivity index (χ2n) is 14.2. The Morgan fingerprint density at radius 3 is 2.19 bits per heavy atom. The third-order valence-corrected chi connectivity index (χ3v) is 10.9. The Balaban J connectivity index is 0.000000526. The minimum absolute atomic E-state index is 0.125. The molecule has 3 heterocycles. The zero-order valence-electron chi connectivity index (χ0n) is 31.9. The third-order valence-electron chi connectivity index (χ3n) is 10.2. The number of pyridine rings is 1. The van der Waals surface area contributed by atoms with E-state index in [2.05, 4.69) is 50.2 Å². The van der Waals surface area contributed by atoms with Crippen LogP contribution < -0.4 is 0 Å². The number of aromatic carboxylic acids is 1. The number of halogens is 3. The Morgan fingerprint density at radius 2 is 1.55 bits per heavy atom. The number of hydrogen-bond donors (Lipinski definition) is 1. The summed E-state index contributed by atoms with van der Waals surface area (Å²) in [6, 6.07) is 19.8. The first kappa shape index (κ1) is 40.4. The highest BCUT2D eigenvalue weighted by Crippen LogP contribution is 2.45. The largest absolute Gasteiger partial charge is 0.478 e. The number of hydrogen-bond acceptors (Lipinski definition) is 4. The zero-order valence-corrected chi connectivity index (χ0v) is 32.7. The summed E-state index contributed by atoms with van der Waals surface area (Å²) in [6.07, 6.45) is 10.7. The summed E-state index contributed by atoms with van der Waals surface area (Å²) in [7, 11) is 0. The molecule has 5 nitrogen and oxygen atoms in total. The predicted molar refractivity (Wildman–Crippen MR) is 215 cm³/mol. The van der Waals surface area contributed by atoms with Crippen LogP contribution in [0.15, 0.2) is 71.6 Å². The predicted octanol–water partition coefficient (Wildman–Crippen LogP) is 13.1. The van der Waals surface area contributed by atoms with Crippen molar-refractivity contribution in [3.63, 3.8) is 0 Å². The van der Waals surface area contributed by atoms with Crippen LogP contribution in [-0.2, 0) is 6.54 Å². The number of rotatable bonds is 13. The number of aryl methyl sites for hydroxylation is 2. The van der Waals surface area contributed by atoms with E-state index < -0.39 is 11.5 Å². The minimum Gasteiger partial charge on any atom is -0.478 e. The molecule has 0 amide bonds. The molecule has 9 heteroatoms. The average Bonchev–Trinajstić information content (AvgIpc) is 3.44. The van der Waals surface area contributed by atoms with Gasteiger partial charge in [-0.2, -0.15) is 13.2 Å². The van der Waals surface area contributed by atoms with Crippen molar-refractivity contribution < 1.29 is 23.1 Å². The van der Waals surface area contributed by atoms with E-state index in [0.29, 0.717) is 17.2 Å². The van der Waals surface area contributed by atoms with Crippen molar-refractivity contribution in [3.8, 4) is 22.5 Å². The highest BCUT2D eigenvalue weighted by atomic mass is 32.2. The molecule has 2 aromatic heterocycles. The molecule has 53 heavy (non-hydrogen) atoms. The van der Waals surface area contributed by atoms with Crippen molar-refractivity contribution in [1.29, 1.82) is 0 Å². The van der Waals surface area contributed by atoms with Gasteiger partial charge in [-0.3, -0.25) is 0 Å². The minimum atomic E-state index is -4.36. The number of likely N-dealkylation sites (tertiary alicyclic amines) is 1. The van der Waals surface area contributed by atoms with Crippen LogP contribution in [0.25, 0.3) is 44.3 Å². The number of fused-ring (bicyclic) bond motifs is 2. The van der Waals surface area contributed by atoms with Gasteiger partial charge in [-0.1, -0.05) is 77.3 Å². The highest BCUT2D eigenvalue weighted by molar-refractivity contribution is 8.00. The van der Waals surface area contributed by atoms with Gasteiger partial charge in [0, 0.05) is 38.9 Å². The summed E-state index contributed by atoms with van der Waals surface area (Å²) in [5, 5.41) is 11.9. The molecular formula is C44H54F3N3O2S. The molecule has 0 unspecified atom stereocenters. The molecule has 0 atom stereocenters. The molecule has 6 rings (SSSR count). The van der Waals surface area contributed by atoms with Crippen LogP contribution in [0, 0.1) is 6.92 Å². The van der Waals surface area contributed by atoms with Crippen LogP contribution in [0.4, 0.5) is 13.2 Å². The summed E-state index contributed by atoms with van der Waals surface area (Å²) in [5.41, 5.74) is 3.44. The number of nitrogens with zero attached hydrogens (tertiary/aromatic N) is 3. The fraction of sp³-hybridized carbons (Fsp3) is 0.455. The van der Waals surface area contributed by atoms with Crippen LogP contribution in [-0.4, -0.2) is 50.7 Å². The van der Waals surface area contributed by atoms with Crippen LogP contribution in [0.2, 0.25) is 0 Å². The molecular weight excluding hydrogens is 692 g/mol. The van der Waals surface area contributed by atoms with Gasteiger partial charge in [-0.15, -0.1) is 0 Å². The average molecular weight is 746 g/mol. The smallest absolute Gasteiger partial charge is 0.446 e. The lowest BCUT2D eigenvalue weighted by Crippen LogP contribution is -2.30. The first-order valence-electron chi connectivity index (χ1n) is 19.4. The van der Waals surface area contributed by atoms with Gasteiger partial charge in [0.05, 0.1) is 22.5 Å². The Morgan fingerprint density at radius 1 is 0.849 bits per heavy atom. The van der Waals surface area contributed by atoms with Gasteiger partial charge < -0.3 is 14.6 Å². The zero-order chi connectivity index (χ0) is 38.1. The lowest BCUT2D eigenvalue weighted by molar-refractivity contribution is -0.0328. The van der Waals surface area contributed by atoms with E-state index in [1.54, 1.807) is 18.2 Å². The topological polar surface area (TPSA) is 58.4 Å². The number of carboxylic acids is 1. The van der Waals surface area contributed by atoms with Crippen LogP contribution in [0.1, 0.15) is 113 Å². The molecule has 1 fully saturated rings. The maximum atomic E-state index is 13.0. The molecule has 3 aromatic carbocycles. The molecule has 0 spiro atoms. The van der Waals surface area contributed by atoms with Gasteiger partial charge in [-0.25, -0.2) is 9.78 Å². The van der Waals surface area contributed by atoms with Crippen molar-refractivity contribution in [2.75, 3.05) is 19.6 Å². The number of alkyl halides is 3. The fourth-order valence-electron chi connectivity index (χ4n) is 7.92. The number of carbonyl (C=O) groups is 1. The van der Waals surface area contributed by atoms with Crippen LogP contribution in [0.3, 0.4) is 0 Å². The second kappa shape index (κ2) is 18.5. The van der Waals surface area contributed by atoms with Crippen molar-refractivity contribution in [1.82, 2.24) is 14.5 Å². The van der Waals surface area contributed by atoms with E-state index in [0.717, 1.165) is 77.3 Å². The van der Waals surface area contributed by atoms with Crippen LogP contribution >= 0.6 is 11.8 Å². The van der Waals surface area contributed by atoms with E-state index >= 15 is 0 Å². The molecule has 284 valence electrons. The molecule has 0 bridgehead atoms. The number of carboxylic acid groups (broad SMARTS) is 1. The van der Waals surface area contributed by atoms with Crippen LogP contribution in [0.5, 0.6) is 0 Å². The van der Waals surface area contributed by atoms with E-state index in [1.165, 1.54) is 63.0 Å². The Labute approximate surface area is 317 Å². The number of piperidine rings is 1. The Hall–Kier alpha value is -3.82. The fourth-order valence-corrected chi connectivity index (χ4v) is 8.52. The van der Waals surface area contributed by atoms with Crippen molar-refractivity contribution in [2.24, 2.45) is 0 Å².